The van der Waals surface area contributed by atoms with Crippen molar-refractivity contribution in [3.63, 3.8) is 0 Å². The maximum absolute atomic E-state index is 10.7. The second-order valence-electron chi connectivity index (χ2n) is 7.06. The van der Waals surface area contributed by atoms with E-state index in [1.54, 1.807) is 12.3 Å². The van der Waals surface area contributed by atoms with Crippen LogP contribution in [-0.2, 0) is 12.8 Å². The van der Waals surface area contributed by atoms with Crippen LogP contribution in [0.25, 0.3) is 0 Å². The molecule has 2 heterocycles. The van der Waals surface area contributed by atoms with Gasteiger partial charge in [0.05, 0.1) is 10.6 Å². The zero-order valence-electron chi connectivity index (χ0n) is 15.3. The number of fused-ring (bicyclic) bond motifs is 2. The SMILES string of the molecule is C.CC[C@@H]1CCc2cc(C(=O)O)cnc21.CC[C@@H]1CCc2cc(Cl)cnc21. The lowest BCUT2D eigenvalue weighted by Gasteiger charge is -2.06. The smallest absolute Gasteiger partial charge is 0.337 e. The fourth-order valence-electron chi connectivity index (χ4n) is 3.99. The average molecular weight is 389 g/mol. The third-order valence-corrected chi connectivity index (χ3v) is 5.71. The molecule has 0 bridgehead atoms. The van der Waals surface area contributed by atoms with Crippen molar-refractivity contribution < 1.29 is 9.90 Å². The molecule has 0 saturated carbocycles. The molecule has 0 amide bonds. The van der Waals surface area contributed by atoms with Crippen LogP contribution in [0.15, 0.2) is 24.5 Å². The summed E-state index contributed by atoms with van der Waals surface area (Å²) in [4.78, 5) is 19.3. The molecule has 2 aromatic heterocycles. The van der Waals surface area contributed by atoms with Crippen LogP contribution in [-0.4, -0.2) is 21.0 Å². The molecule has 4 rings (SSSR count). The predicted octanol–water partition coefficient (Wildman–Crippen LogP) is 6.03. The van der Waals surface area contributed by atoms with E-state index in [0.717, 1.165) is 42.0 Å². The van der Waals surface area contributed by atoms with Gasteiger partial charge in [0.1, 0.15) is 0 Å². The van der Waals surface area contributed by atoms with E-state index in [-0.39, 0.29) is 7.43 Å². The van der Waals surface area contributed by atoms with Crippen LogP contribution in [0.5, 0.6) is 0 Å². The quantitative estimate of drug-likeness (QED) is 0.697. The summed E-state index contributed by atoms with van der Waals surface area (Å²) in [5, 5.41) is 9.57. The highest BCUT2D eigenvalue weighted by Gasteiger charge is 2.23. The zero-order valence-corrected chi connectivity index (χ0v) is 16.1. The van der Waals surface area contributed by atoms with Gasteiger partial charge in [0.15, 0.2) is 0 Å². The molecule has 0 saturated heterocycles. The first-order chi connectivity index (χ1) is 12.5. The molecule has 0 aliphatic heterocycles. The number of aryl methyl sites for hydroxylation is 2. The second kappa shape index (κ2) is 9.32. The number of nitrogens with zero attached hydrogens (tertiary/aromatic N) is 2. The van der Waals surface area contributed by atoms with E-state index >= 15 is 0 Å². The van der Waals surface area contributed by atoms with E-state index < -0.39 is 5.97 Å². The standard InChI is InChI=1S/C11H13NO2.C10H12ClN.CH4/c1-2-7-3-4-8-5-9(11(13)14)6-12-10(7)8;1-2-7-3-4-8-5-9(11)6-12-10(7)8;/h5-7H,2-4H2,1H3,(H,13,14);5-7H,2-4H2,1H3;1H4/t2*7-;/m11./s1. The van der Waals surface area contributed by atoms with Crippen molar-refractivity contribution in [2.24, 2.45) is 0 Å². The van der Waals surface area contributed by atoms with Crippen LogP contribution >= 0.6 is 11.6 Å². The van der Waals surface area contributed by atoms with E-state index in [1.165, 1.54) is 30.3 Å². The Balaban J connectivity index is 0.000000189. The van der Waals surface area contributed by atoms with Crippen LogP contribution in [0, 0.1) is 0 Å². The summed E-state index contributed by atoms with van der Waals surface area (Å²) >= 11 is 5.85. The minimum absolute atomic E-state index is 0. The third-order valence-electron chi connectivity index (χ3n) is 5.50. The van der Waals surface area contributed by atoms with Gasteiger partial charge in [-0.2, -0.15) is 0 Å². The first-order valence-corrected chi connectivity index (χ1v) is 9.77. The van der Waals surface area contributed by atoms with Gasteiger partial charge in [0, 0.05) is 35.6 Å². The van der Waals surface area contributed by atoms with Crippen LogP contribution < -0.4 is 0 Å². The minimum Gasteiger partial charge on any atom is -0.478 e. The maximum Gasteiger partial charge on any atom is 0.337 e. The maximum atomic E-state index is 10.7. The van der Waals surface area contributed by atoms with Gasteiger partial charge in [0.25, 0.3) is 0 Å². The Hall–Kier alpha value is -1.94. The molecular weight excluding hydrogens is 360 g/mol. The third kappa shape index (κ3) is 4.67. The fourth-order valence-corrected chi connectivity index (χ4v) is 4.17. The first kappa shape index (κ1) is 21.4. The van der Waals surface area contributed by atoms with Crippen molar-refractivity contribution in [1.29, 1.82) is 0 Å². The molecule has 27 heavy (non-hydrogen) atoms. The molecule has 2 aliphatic carbocycles. The predicted molar refractivity (Wildman–Crippen MR) is 110 cm³/mol. The molecule has 146 valence electrons. The highest BCUT2D eigenvalue weighted by molar-refractivity contribution is 6.30. The Labute approximate surface area is 167 Å². The summed E-state index contributed by atoms with van der Waals surface area (Å²) in [6.07, 6.45) is 10.0. The lowest BCUT2D eigenvalue weighted by atomic mass is 10.0. The molecule has 0 fully saturated rings. The van der Waals surface area contributed by atoms with E-state index in [9.17, 15) is 4.79 Å². The van der Waals surface area contributed by atoms with Crippen LogP contribution in [0.2, 0.25) is 5.02 Å². The van der Waals surface area contributed by atoms with Crippen molar-refractivity contribution >= 4 is 17.6 Å². The van der Waals surface area contributed by atoms with Crippen molar-refractivity contribution in [2.45, 2.75) is 71.6 Å². The monoisotopic (exact) mass is 388 g/mol. The fraction of sp³-hybridized carbons (Fsp3) is 0.500. The van der Waals surface area contributed by atoms with Gasteiger partial charge < -0.3 is 5.11 Å². The van der Waals surface area contributed by atoms with Gasteiger partial charge in [-0.15, -0.1) is 0 Å². The normalized spacial score (nSPS) is 19.4. The lowest BCUT2D eigenvalue weighted by molar-refractivity contribution is 0.0696. The largest absolute Gasteiger partial charge is 0.478 e. The van der Waals surface area contributed by atoms with Crippen molar-refractivity contribution in [1.82, 2.24) is 9.97 Å². The second-order valence-corrected chi connectivity index (χ2v) is 7.50. The van der Waals surface area contributed by atoms with Crippen molar-refractivity contribution in [3.8, 4) is 0 Å². The van der Waals surface area contributed by atoms with E-state index in [4.69, 9.17) is 16.7 Å². The molecule has 2 aliphatic rings. The number of halogens is 1. The van der Waals surface area contributed by atoms with Crippen LogP contribution in [0.4, 0.5) is 0 Å². The average Bonchev–Trinajstić information content (AvgIpc) is 3.24. The molecule has 4 nitrogen and oxygen atoms in total. The van der Waals surface area contributed by atoms with E-state index in [1.807, 2.05) is 0 Å². The highest BCUT2D eigenvalue weighted by Crippen LogP contribution is 2.35. The summed E-state index contributed by atoms with van der Waals surface area (Å²) in [5.74, 6) is 0.324. The van der Waals surface area contributed by atoms with Crippen LogP contribution in [0.3, 0.4) is 0 Å². The topological polar surface area (TPSA) is 63.1 Å². The molecule has 0 radical (unpaired) electrons. The zero-order chi connectivity index (χ0) is 18.7. The number of carbonyl (C=O) groups is 1. The van der Waals surface area contributed by atoms with Gasteiger partial charge in [-0.05, 0) is 61.8 Å². The molecule has 1 N–H and O–H groups in total. The Bertz CT molecular complexity index is 807. The number of pyridine rings is 2. The number of rotatable bonds is 3. The molecule has 0 unspecified atom stereocenters. The number of hydrogen-bond acceptors (Lipinski definition) is 3. The summed E-state index contributed by atoms with van der Waals surface area (Å²) in [6.45, 7) is 4.36. The van der Waals surface area contributed by atoms with Gasteiger partial charge >= 0.3 is 5.97 Å². The lowest BCUT2D eigenvalue weighted by Crippen LogP contribution is -2.01. The van der Waals surface area contributed by atoms with E-state index in [2.05, 4.69) is 29.9 Å². The molecule has 5 heteroatoms. The molecule has 0 aromatic carbocycles. The van der Waals surface area contributed by atoms with E-state index in [0.29, 0.717) is 17.4 Å². The minimum atomic E-state index is -0.889. The summed E-state index contributed by atoms with van der Waals surface area (Å²) in [7, 11) is 0. The Morgan fingerprint density at radius 1 is 1.04 bits per heavy atom. The Morgan fingerprint density at radius 3 is 2.07 bits per heavy atom. The van der Waals surface area contributed by atoms with Crippen molar-refractivity contribution in [3.05, 3.63) is 57.6 Å². The molecule has 2 atom stereocenters. The van der Waals surface area contributed by atoms with Crippen LogP contribution in [0.1, 0.15) is 91.7 Å². The van der Waals surface area contributed by atoms with Gasteiger partial charge in [-0.1, -0.05) is 32.9 Å². The number of hydrogen-bond donors (Lipinski definition) is 1. The molecule has 2 aromatic rings. The van der Waals surface area contributed by atoms with Gasteiger partial charge in [-0.3, -0.25) is 9.97 Å². The highest BCUT2D eigenvalue weighted by atomic mass is 35.5. The summed E-state index contributed by atoms with van der Waals surface area (Å²) in [6, 6.07) is 3.82. The number of carboxylic acids is 1. The molecule has 0 spiro atoms. The van der Waals surface area contributed by atoms with Gasteiger partial charge in [0.2, 0.25) is 0 Å². The Morgan fingerprint density at radius 2 is 1.56 bits per heavy atom. The number of carboxylic acid groups (broad SMARTS) is 1. The van der Waals surface area contributed by atoms with Gasteiger partial charge in [-0.25, -0.2) is 4.79 Å². The Kier molecular flexibility index (Phi) is 7.37. The number of aromatic nitrogens is 2. The molecular formula is C22H29ClN2O2. The summed E-state index contributed by atoms with van der Waals surface area (Å²) in [5.41, 5.74) is 5.17. The number of aromatic carboxylic acids is 1. The summed E-state index contributed by atoms with van der Waals surface area (Å²) < 4.78 is 0. The first-order valence-electron chi connectivity index (χ1n) is 9.39. The van der Waals surface area contributed by atoms with Crippen molar-refractivity contribution in [2.75, 3.05) is 0 Å².